The van der Waals surface area contributed by atoms with Gasteiger partial charge in [0.25, 0.3) is 11.6 Å². The maximum Gasteiger partial charge on any atom is 0.338 e. The van der Waals surface area contributed by atoms with Crippen LogP contribution in [-0.2, 0) is 16.1 Å². The monoisotopic (exact) mass is 376 g/mol. The molecule has 1 heterocycles. The van der Waals surface area contributed by atoms with Gasteiger partial charge in [-0.2, -0.15) is 0 Å². The molecule has 2 rings (SSSR count). The maximum atomic E-state index is 12.3. The van der Waals surface area contributed by atoms with E-state index >= 15 is 0 Å². The van der Waals surface area contributed by atoms with E-state index in [-0.39, 0.29) is 29.6 Å². The van der Waals surface area contributed by atoms with Crippen molar-refractivity contribution in [2.75, 3.05) is 34.3 Å². The van der Waals surface area contributed by atoms with Crippen LogP contribution in [-0.4, -0.2) is 67.2 Å². The van der Waals surface area contributed by atoms with Crippen LogP contribution in [0.3, 0.4) is 0 Å². The summed E-state index contributed by atoms with van der Waals surface area (Å²) < 4.78 is 4.76. The van der Waals surface area contributed by atoms with Gasteiger partial charge in [-0.05, 0) is 25.5 Å². The van der Waals surface area contributed by atoms with E-state index in [1.54, 1.807) is 19.0 Å². The average Bonchev–Trinajstić information content (AvgIpc) is 2.65. The lowest BCUT2D eigenvalue weighted by Gasteiger charge is -2.31. The molecule has 0 aliphatic carbocycles. The Balaban J connectivity index is 2.22. The summed E-state index contributed by atoms with van der Waals surface area (Å²) in [6.07, 6.45) is 2.97. The molecular formula is C18H24N4O5. The number of ether oxygens (including phenoxy) is 1. The summed E-state index contributed by atoms with van der Waals surface area (Å²) in [4.78, 5) is 42.8. The van der Waals surface area contributed by atoms with Crippen molar-refractivity contribution in [1.82, 2.24) is 9.80 Å². The number of methoxy groups -OCH3 is 1. The predicted molar refractivity (Wildman–Crippen MR) is 99.6 cm³/mol. The zero-order valence-corrected chi connectivity index (χ0v) is 15.8. The SMILES string of the molecule is COC(=O)c1cccc([N+](=O)[O-])c1CN1CCCC(C(=O)N=CN(C)C)C1. The molecule has 0 bridgehead atoms. The van der Waals surface area contributed by atoms with Gasteiger partial charge >= 0.3 is 5.97 Å². The number of hydrogen-bond acceptors (Lipinski definition) is 6. The molecule has 1 fully saturated rings. The van der Waals surface area contributed by atoms with Crippen LogP contribution in [0.1, 0.15) is 28.8 Å². The molecule has 0 radical (unpaired) electrons. The standard InChI is InChI=1S/C18H24N4O5/c1-20(2)12-19-17(23)13-6-5-9-21(10-13)11-15-14(18(24)27-3)7-4-8-16(15)22(25)26/h4,7-8,12-13H,5-6,9-11H2,1-3H3. The van der Waals surface area contributed by atoms with Crippen molar-refractivity contribution in [3.63, 3.8) is 0 Å². The molecule has 27 heavy (non-hydrogen) atoms. The highest BCUT2D eigenvalue weighted by Crippen LogP contribution is 2.27. The van der Waals surface area contributed by atoms with Crippen LogP contribution >= 0.6 is 0 Å². The molecule has 1 aromatic rings. The summed E-state index contributed by atoms with van der Waals surface area (Å²) in [6, 6.07) is 4.35. The smallest absolute Gasteiger partial charge is 0.338 e. The highest BCUT2D eigenvalue weighted by molar-refractivity contribution is 5.92. The van der Waals surface area contributed by atoms with Crippen LogP contribution < -0.4 is 0 Å². The van der Waals surface area contributed by atoms with E-state index in [4.69, 9.17) is 4.74 Å². The van der Waals surface area contributed by atoms with Crippen molar-refractivity contribution in [3.8, 4) is 0 Å². The number of esters is 1. The Bertz CT molecular complexity index is 747. The van der Waals surface area contributed by atoms with Gasteiger partial charge in [-0.15, -0.1) is 0 Å². The summed E-state index contributed by atoms with van der Waals surface area (Å²) in [5, 5.41) is 11.4. The van der Waals surface area contributed by atoms with Crippen molar-refractivity contribution in [1.29, 1.82) is 0 Å². The van der Waals surface area contributed by atoms with E-state index in [2.05, 4.69) is 4.99 Å². The fourth-order valence-electron chi connectivity index (χ4n) is 3.12. The zero-order valence-electron chi connectivity index (χ0n) is 15.8. The number of nitro groups is 1. The van der Waals surface area contributed by atoms with E-state index in [9.17, 15) is 19.7 Å². The van der Waals surface area contributed by atoms with Crippen LogP contribution in [0.4, 0.5) is 5.69 Å². The lowest BCUT2D eigenvalue weighted by molar-refractivity contribution is -0.385. The van der Waals surface area contributed by atoms with Gasteiger partial charge in [0.05, 0.1) is 35.4 Å². The number of hydrogen-bond donors (Lipinski definition) is 0. The number of likely N-dealkylation sites (tertiary alicyclic amines) is 1. The minimum absolute atomic E-state index is 0.128. The molecule has 1 amide bonds. The van der Waals surface area contributed by atoms with E-state index in [1.807, 2.05) is 4.90 Å². The van der Waals surface area contributed by atoms with E-state index in [1.165, 1.54) is 31.6 Å². The summed E-state index contributed by atoms with van der Waals surface area (Å²) >= 11 is 0. The second-order valence-electron chi connectivity index (χ2n) is 6.67. The molecule has 1 aromatic carbocycles. The number of benzene rings is 1. The van der Waals surface area contributed by atoms with Crippen LogP contribution in [0.15, 0.2) is 23.2 Å². The van der Waals surface area contributed by atoms with E-state index < -0.39 is 10.9 Å². The van der Waals surface area contributed by atoms with Gasteiger partial charge < -0.3 is 9.64 Å². The molecule has 0 saturated carbocycles. The number of aliphatic imine (C=N–C) groups is 1. The fraction of sp³-hybridized carbons (Fsp3) is 0.500. The highest BCUT2D eigenvalue weighted by Gasteiger charge is 2.29. The van der Waals surface area contributed by atoms with Crippen LogP contribution in [0.2, 0.25) is 0 Å². The van der Waals surface area contributed by atoms with Gasteiger partial charge in [0.2, 0.25) is 0 Å². The number of carbonyl (C=O) groups is 2. The fourth-order valence-corrected chi connectivity index (χ4v) is 3.12. The number of nitro benzene ring substituents is 1. The number of amides is 1. The Kier molecular flexibility index (Phi) is 7.00. The van der Waals surface area contributed by atoms with Crippen LogP contribution in [0.25, 0.3) is 0 Å². The molecule has 146 valence electrons. The van der Waals surface area contributed by atoms with Crippen molar-refractivity contribution in [3.05, 3.63) is 39.4 Å². The van der Waals surface area contributed by atoms with Crippen LogP contribution in [0.5, 0.6) is 0 Å². The normalized spacial score (nSPS) is 17.7. The summed E-state index contributed by atoms with van der Waals surface area (Å²) in [6.45, 7) is 1.33. The highest BCUT2D eigenvalue weighted by atomic mass is 16.6. The predicted octanol–water partition coefficient (Wildman–Crippen LogP) is 1.71. The second-order valence-corrected chi connectivity index (χ2v) is 6.67. The molecule has 9 heteroatoms. The van der Waals surface area contributed by atoms with Crippen molar-refractivity contribution < 1.29 is 19.2 Å². The first kappa shape index (κ1) is 20.5. The van der Waals surface area contributed by atoms with Gasteiger partial charge in [0, 0.05) is 33.3 Å². The van der Waals surface area contributed by atoms with E-state index in [0.29, 0.717) is 18.7 Å². The minimum atomic E-state index is -0.617. The van der Waals surface area contributed by atoms with Gasteiger partial charge in [-0.1, -0.05) is 6.07 Å². The third-order valence-electron chi connectivity index (χ3n) is 4.41. The number of nitrogens with zero attached hydrogens (tertiary/aromatic N) is 4. The topological polar surface area (TPSA) is 105 Å². The summed E-state index contributed by atoms with van der Waals surface area (Å²) in [5.74, 6) is -1.09. The number of rotatable bonds is 6. The lowest BCUT2D eigenvalue weighted by Crippen LogP contribution is -2.38. The first-order valence-electron chi connectivity index (χ1n) is 8.65. The molecule has 0 aromatic heterocycles. The molecule has 1 atom stereocenters. The Hall–Kier alpha value is -2.81. The third kappa shape index (κ3) is 5.33. The van der Waals surface area contributed by atoms with Gasteiger partial charge in [-0.25, -0.2) is 9.79 Å². The first-order valence-corrected chi connectivity index (χ1v) is 8.65. The van der Waals surface area contributed by atoms with E-state index in [0.717, 1.165) is 12.8 Å². The summed E-state index contributed by atoms with van der Waals surface area (Å²) in [5.41, 5.74) is 0.349. The Morgan fingerprint density at radius 2 is 2.19 bits per heavy atom. The third-order valence-corrected chi connectivity index (χ3v) is 4.41. The molecular weight excluding hydrogens is 352 g/mol. The van der Waals surface area contributed by atoms with Gasteiger partial charge in [-0.3, -0.25) is 19.8 Å². The van der Waals surface area contributed by atoms with Gasteiger partial charge in [0.1, 0.15) is 0 Å². The molecule has 1 saturated heterocycles. The van der Waals surface area contributed by atoms with Crippen molar-refractivity contribution >= 4 is 23.9 Å². The molecule has 9 nitrogen and oxygen atoms in total. The Morgan fingerprint density at radius 3 is 2.81 bits per heavy atom. The Labute approximate surface area is 157 Å². The largest absolute Gasteiger partial charge is 0.465 e. The quantitative estimate of drug-likeness (QED) is 0.245. The lowest BCUT2D eigenvalue weighted by atomic mass is 9.96. The first-order chi connectivity index (χ1) is 12.8. The molecule has 1 aliphatic heterocycles. The maximum absolute atomic E-state index is 12.3. The number of carbonyl (C=O) groups excluding carboxylic acids is 2. The zero-order chi connectivity index (χ0) is 20.0. The molecule has 1 unspecified atom stereocenters. The van der Waals surface area contributed by atoms with Crippen molar-refractivity contribution in [2.24, 2.45) is 10.9 Å². The number of piperidine rings is 1. The summed E-state index contributed by atoms with van der Waals surface area (Å²) in [7, 11) is 4.81. The van der Waals surface area contributed by atoms with Gasteiger partial charge in [0.15, 0.2) is 0 Å². The Morgan fingerprint density at radius 1 is 1.44 bits per heavy atom. The molecule has 0 N–H and O–H groups in total. The average molecular weight is 376 g/mol. The minimum Gasteiger partial charge on any atom is -0.465 e. The molecule has 1 aliphatic rings. The second kappa shape index (κ2) is 9.22. The molecule has 0 spiro atoms. The van der Waals surface area contributed by atoms with Crippen molar-refractivity contribution in [2.45, 2.75) is 19.4 Å². The van der Waals surface area contributed by atoms with Crippen LogP contribution in [0, 0.1) is 16.0 Å².